The highest BCUT2D eigenvalue weighted by molar-refractivity contribution is 5.98. The number of esters is 1. The van der Waals surface area contributed by atoms with Gasteiger partial charge in [0.2, 0.25) is 0 Å². The van der Waals surface area contributed by atoms with Gasteiger partial charge in [-0.15, -0.1) is 0 Å². The van der Waals surface area contributed by atoms with Gasteiger partial charge in [0.1, 0.15) is 23.7 Å². The van der Waals surface area contributed by atoms with E-state index in [9.17, 15) is 18.4 Å². The van der Waals surface area contributed by atoms with Gasteiger partial charge in [0.15, 0.2) is 0 Å². The van der Waals surface area contributed by atoms with Crippen molar-refractivity contribution in [3.8, 4) is 11.5 Å². The number of aromatic nitrogens is 1. The van der Waals surface area contributed by atoms with Crippen LogP contribution < -0.4 is 14.8 Å². The number of ether oxygens (including phenoxy) is 4. The highest BCUT2D eigenvalue weighted by Gasteiger charge is 2.35. The minimum atomic E-state index is -2.47. The number of anilines is 1. The summed E-state index contributed by atoms with van der Waals surface area (Å²) in [5, 5.41) is 4.10. The number of carbonyl (C=O) groups is 2. The summed E-state index contributed by atoms with van der Waals surface area (Å²) in [6.45, 7) is 9.61. The Labute approximate surface area is 255 Å². The summed E-state index contributed by atoms with van der Waals surface area (Å²) < 4.78 is 51.2. The highest BCUT2D eigenvalue weighted by atomic mass is 19.3. The molecule has 1 fully saturated rings. The van der Waals surface area contributed by atoms with Crippen molar-refractivity contribution in [3.63, 3.8) is 0 Å². The molecule has 1 saturated heterocycles. The zero-order valence-corrected chi connectivity index (χ0v) is 26.0. The lowest BCUT2D eigenvalue weighted by molar-refractivity contribution is 0.0237. The molecular formula is C32H40F2N4O6. The van der Waals surface area contributed by atoms with Crippen LogP contribution in [0.3, 0.4) is 0 Å². The van der Waals surface area contributed by atoms with Gasteiger partial charge in [-0.1, -0.05) is 6.07 Å². The number of alkyl halides is 2. The maximum atomic E-state index is 13.5. The van der Waals surface area contributed by atoms with Crippen LogP contribution in [-0.2, 0) is 16.0 Å². The minimum Gasteiger partial charge on any atom is -0.496 e. The van der Waals surface area contributed by atoms with E-state index in [0.29, 0.717) is 62.1 Å². The molecule has 44 heavy (non-hydrogen) atoms. The largest absolute Gasteiger partial charge is 0.496 e. The van der Waals surface area contributed by atoms with Crippen LogP contribution in [0.2, 0.25) is 0 Å². The first-order valence-electron chi connectivity index (χ1n) is 14.7. The van der Waals surface area contributed by atoms with Gasteiger partial charge in [-0.3, -0.25) is 14.4 Å². The maximum absolute atomic E-state index is 13.5. The number of nitrogens with one attached hydrogen (secondary N) is 1. The number of hydrogen-bond acceptors (Lipinski definition) is 9. The van der Waals surface area contributed by atoms with E-state index in [2.05, 4.69) is 10.2 Å². The fourth-order valence-corrected chi connectivity index (χ4v) is 6.10. The summed E-state index contributed by atoms with van der Waals surface area (Å²) in [7, 11) is 2.93. The second-order valence-corrected chi connectivity index (χ2v) is 12.1. The Morgan fingerprint density at radius 1 is 1.16 bits per heavy atom. The van der Waals surface area contributed by atoms with Crippen LogP contribution in [0.5, 0.6) is 11.5 Å². The molecule has 5 rings (SSSR count). The number of nitrogens with zero attached hydrogens (tertiary/aromatic N) is 3. The number of fused-ring (bicyclic) bond motifs is 2. The predicted octanol–water partition coefficient (Wildman–Crippen LogP) is 5.46. The van der Waals surface area contributed by atoms with Gasteiger partial charge >= 0.3 is 12.1 Å². The molecule has 2 aliphatic heterocycles. The minimum absolute atomic E-state index is 0.327. The van der Waals surface area contributed by atoms with E-state index in [0.717, 1.165) is 27.6 Å². The van der Waals surface area contributed by atoms with Crippen LogP contribution in [0.4, 0.5) is 19.3 Å². The molecular weight excluding hydrogens is 574 g/mol. The lowest BCUT2D eigenvalue weighted by Crippen LogP contribution is -2.49. The molecule has 0 radical (unpaired) electrons. The fraction of sp³-hybridized carbons (Fsp3) is 0.500. The second kappa shape index (κ2) is 12.6. The number of hydrogen-bond donors (Lipinski definition) is 1. The Bertz CT molecular complexity index is 1550. The number of piperazine rings is 1. The third-order valence-electron chi connectivity index (χ3n) is 7.98. The molecule has 10 nitrogen and oxygen atoms in total. The van der Waals surface area contributed by atoms with Gasteiger partial charge in [0.25, 0.3) is 6.43 Å². The van der Waals surface area contributed by atoms with Crippen LogP contribution in [0.25, 0.3) is 10.9 Å². The van der Waals surface area contributed by atoms with Crippen molar-refractivity contribution >= 4 is 28.7 Å². The summed E-state index contributed by atoms with van der Waals surface area (Å²) >= 11 is 0. The molecule has 2 aliphatic rings. The van der Waals surface area contributed by atoms with Crippen molar-refractivity contribution in [2.75, 3.05) is 58.9 Å². The summed E-state index contributed by atoms with van der Waals surface area (Å²) in [4.78, 5) is 29.6. The quantitative estimate of drug-likeness (QED) is 0.349. The van der Waals surface area contributed by atoms with Crippen LogP contribution in [-0.4, -0.2) is 92.0 Å². The lowest BCUT2D eigenvalue weighted by Gasteiger charge is -2.43. The fourth-order valence-electron chi connectivity index (χ4n) is 6.10. The molecule has 238 valence electrons. The van der Waals surface area contributed by atoms with E-state index >= 15 is 0 Å². The Balaban J connectivity index is 1.58. The first-order chi connectivity index (χ1) is 20.9. The van der Waals surface area contributed by atoms with Gasteiger partial charge in [0, 0.05) is 55.4 Å². The molecule has 1 atom stereocenters. The smallest absolute Gasteiger partial charge is 0.419 e. The zero-order valence-electron chi connectivity index (χ0n) is 26.0. The van der Waals surface area contributed by atoms with Crippen molar-refractivity contribution in [2.24, 2.45) is 0 Å². The van der Waals surface area contributed by atoms with Crippen molar-refractivity contribution in [1.29, 1.82) is 0 Å². The van der Waals surface area contributed by atoms with Crippen molar-refractivity contribution in [1.82, 2.24) is 14.4 Å². The zero-order chi connectivity index (χ0) is 31.8. The monoisotopic (exact) mass is 614 g/mol. The lowest BCUT2D eigenvalue weighted by atomic mass is 9.95. The SMILES string of the molecule is COC(=O)c1ccc([C@@H]2CN(CC(F)F)CCN2Cc2c(OC)cc(C)c3c2ccn3C(=O)OC(C)(C)C)c2c1NCCO2. The first kappa shape index (κ1) is 31.5. The molecule has 1 aromatic heterocycles. The summed E-state index contributed by atoms with van der Waals surface area (Å²) in [5.74, 6) is 0.684. The molecule has 12 heteroatoms. The summed E-state index contributed by atoms with van der Waals surface area (Å²) in [6.07, 6.45) is -1.25. The molecule has 3 heterocycles. The Hall–Kier alpha value is -3.90. The average molecular weight is 615 g/mol. The first-order valence-corrected chi connectivity index (χ1v) is 14.7. The van der Waals surface area contributed by atoms with Crippen LogP contribution in [0.15, 0.2) is 30.5 Å². The van der Waals surface area contributed by atoms with Gasteiger partial charge in [0.05, 0.1) is 43.6 Å². The average Bonchev–Trinajstić information content (AvgIpc) is 3.43. The van der Waals surface area contributed by atoms with Crippen molar-refractivity contribution in [2.45, 2.75) is 52.3 Å². The van der Waals surface area contributed by atoms with Gasteiger partial charge < -0.3 is 24.3 Å². The summed E-state index contributed by atoms with van der Waals surface area (Å²) in [5.41, 5.74) is 3.44. The van der Waals surface area contributed by atoms with Gasteiger partial charge in [-0.05, 0) is 51.5 Å². The number of aryl methyl sites for hydroxylation is 1. The summed E-state index contributed by atoms with van der Waals surface area (Å²) in [6, 6.07) is 6.95. The molecule has 2 aromatic carbocycles. The van der Waals surface area contributed by atoms with Crippen molar-refractivity contribution < 1.29 is 37.3 Å². The van der Waals surface area contributed by atoms with Crippen molar-refractivity contribution in [3.05, 3.63) is 52.7 Å². The van der Waals surface area contributed by atoms with Gasteiger partial charge in [-0.2, -0.15) is 0 Å². The van der Waals surface area contributed by atoms with E-state index < -0.39 is 24.1 Å². The topological polar surface area (TPSA) is 94.5 Å². The van der Waals surface area contributed by atoms with E-state index in [1.54, 1.807) is 24.3 Å². The van der Waals surface area contributed by atoms with E-state index in [-0.39, 0.29) is 12.6 Å². The maximum Gasteiger partial charge on any atom is 0.419 e. The number of halogens is 2. The molecule has 1 N–H and O–H groups in total. The molecule has 0 unspecified atom stereocenters. The molecule has 3 aromatic rings. The molecule has 0 bridgehead atoms. The Morgan fingerprint density at radius 3 is 2.61 bits per heavy atom. The number of rotatable bonds is 7. The third kappa shape index (κ3) is 6.32. The van der Waals surface area contributed by atoms with E-state index in [4.69, 9.17) is 18.9 Å². The molecule has 0 amide bonds. The van der Waals surface area contributed by atoms with E-state index in [1.807, 2.05) is 45.9 Å². The predicted molar refractivity (Wildman–Crippen MR) is 162 cm³/mol. The van der Waals surface area contributed by atoms with Crippen LogP contribution in [0, 0.1) is 6.92 Å². The molecule has 0 spiro atoms. The Morgan fingerprint density at radius 2 is 1.93 bits per heavy atom. The van der Waals surface area contributed by atoms with Gasteiger partial charge in [-0.25, -0.2) is 18.4 Å². The number of benzene rings is 2. The normalized spacial score (nSPS) is 17.6. The molecule has 0 saturated carbocycles. The number of carbonyl (C=O) groups excluding carboxylic acids is 2. The Kier molecular flexibility index (Phi) is 9.03. The second-order valence-electron chi connectivity index (χ2n) is 12.1. The third-order valence-corrected chi connectivity index (χ3v) is 7.98. The number of methoxy groups -OCH3 is 2. The molecule has 0 aliphatic carbocycles. The van der Waals surface area contributed by atoms with Crippen LogP contribution in [0.1, 0.15) is 53.9 Å². The van der Waals surface area contributed by atoms with Crippen LogP contribution >= 0.6 is 0 Å². The standard InChI is InChI=1S/C32H40F2N4O6/c1-19-15-25(41-5)23(20-9-11-38(28(19)20)31(40)44-32(2,3)4)16-37-13-12-36(18-26(33)34)17-24(37)21-7-8-22(30(39)42-6)27-29(21)43-14-10-35-27/h7-9,11,15,24,26,35H,10,12-14,16-18H2,1-6H3/t24-/m0/s1. The van der Waals surface area contributed by atoms with E-state index in [1.165, 1.54) is 11.7 Å². The highest BCUT2D eigenvalue weighted by Crippen LogP contribution is 2.43.